The van der Waals surface area contributed by atoms with Gasteiger partial charge in [0.05, 0.1) is 6.54 Å². The molecule has 0 spiro atoms. The van der Waals surface area contributed by atoms with Gasteiger partial charge in [-0.2, -0.15) is 0 Å². The summed E-state index contributed by atoms with van der Waals surface area (Å²) in [7, 11) is 0. The van der Waals surface area contributed by atoms with Crippen molar-refractivity contribution in [1.29, 1.82) is 0 Å². The Balaban J connectivity index is 1.71. The number of carbonyl (C=O) groups is 2. The maximum absolute atomic E-state index is 13.1. The molecule has 0 unspecified atom stereocenters. The molecular weight excluding hydrogens is 360 g/mol. The van der Waals surface area contributed by atoms with Crippen LogP contribution in [0.2, 0.25) is 0 Å². The number of para-hydroxylation sites is 2. The van der Waals surface area contributed by atoms with Crippen LogP contribution >= 0.6 is 0 Å². The van der Waals surface area contributed by atoms with E-state index in [2.05, 4.69) is 5.32 Å². The van der Waals surface area contributed by atoms with Gasteiger partial charge in [-0.15, -0.1) is 0 Å². The molecule has 1 aliphatic heterocycles. The molecule has 148 valence electrons. The van der Waals surface area contributed by atoms with Crippen molar-refractivity contribution < 1.29 is 24.2 Å². The molecule has 2 aromatic carbocycles. The fourth-order valence-corrected chi connectivity index (χ4v) is 3.01. The van der Waals surface area contributed by atoms with E-state index in [4.69, 9.17) is 14.6 Å². The first-order valence-corrected chi connectivity index (χ1v) is 9.19. The molecule has 0 aliphatic carbocycles. The van der Waals surface area contributed by atoms with E-state index >= 15 is 0 Å². The van der Waals surface area contributed by atoms with Crippen LogP contribution in [0.25, 0.3) is 0 Å². The maximum atomic E-state index is 13.1. The second-order valence-electron chi connectivity index (χ2n) is 6.88. The summed E-state index contributed by atoms with van der Waals surface area (Å²) in [5, 5.41) is 11.6. The summed E-state index contributed by atoms with van der Waals surface area (Å²) in [6.07, 6.45) is -0.269. The average Bonchev–Trinajstić information content (AvgIpc) is 2.70. The van der Waals surface area contributed by atoms with Crippen molar-refractivity contribution in [3.63, 3.8) is 0 Å². The van der Waals surface area contributed by atoms with Gasteiger partial charge in [-0.05, 0) is 44.2 Å². The van der Waals surface area contributed by atoms with E-state index in [9.17, 15) is 9.59 Å². The van der Waals surface area contributed by atoms with Crippen LogP contribution in [0.4, 0.5) is 5.69 Å². The standard InChI is InChI=1S/C21H24N2O5/c1-14(2)23(12-17-13-27-18-8-3-4-9-19(18)28-17)21(26)15-6-5-7-16(10-15)22-11-20(24)25/h3-10,14,17,22H,11-13H2,1-2H3,(H,24,25)/t17-/m0/s1. The molecule has 0 saturated heterocycles. The van der Waals surface area contributed by atoms with Gasteiger partial charge < -0.3 is 24.8 Å². The van der Waals surface area contributed by atoms with Crippen molar-refractivity contribution in [2.75, 3.05) is 25.0 Å². The number of ether oxygens (including phenoxy) is 2. The Morgan fingerprint density at radius 3 is 2.64 bits per heavy atom. The number of aliphatic carboxylic acids is 1. The van der Waals surface area contributed by atoms with Gasteiger partial charge in [-0.25, -0.2) is 0 Å². The summed E-state index contributed by atoms with van der Waals surface area (Å²) in [5.41, 5.74) is 1.07. The number of anilines is 1. The van der Waals surface area contributed by atoms with Crippen LogP contribution in [0.1, 0.15) is 24.2 Å². The van der Waals surface area contributed by atoms with Gasteiger partial charge in [-0.3, -0.25) is 9.59 Å². The van der Waals surface area contributed by atoms with E-state index in [1.54, 1.807) is 29.2 Å². The molecule has 2 aromatic rings. The molecule has 0 radical (unpaired) electrons. The highest BCUT2D eigenvalue weighted by Crippen LogP contribution is 2.31. The minimum Gasteiger partial charge on any atom is -0.486 e. The lowest BCUT2D eigenvalue weighted by molar-refractivity contribution is -0.134. The number of carboxylic acid groups (broad SMARTS) is 1. The summed E-state index contributed by atoms with van der Waals surface area (Å²) < 4.78 is 11.7. The number of fused-ring (bicyclic) bond motifs is 1. The van der Waals surface area contributed by atoms with Crippen LogP contribution in [0.15, 0.2) is 48.5 Å². The van der Waals surface area contributed by atoms with Gasteiger partial charge in [0.1, 0.15) is 13.2 Å². The van der Waals surface area contributed by atoms with Crippen LogP contribution in [0.5, 0.6) is 11.5 Å². The number of carboxylic acids is 1. The van der Waals surface area contributed by atoms with Crippen LogP contribution in [-0.4, -0.2) is 53.7 Å². The third-order valence-corrected chi connectivity index (χ3v) is 4.41. The summed E-state index contributed by atoms with van der Waals surface area (Å²) in [4.78, 5) is 25.6. The van der Waals surface area contributed by atoms with Gasteiger partial charge in [-0.1, -0.05) is 18.2 Å². The highest BCUT2D eigenvalue weighted by molar-refractivity contribution is 5.95. The zero-order chi connectivity index (χ0) is 20.1. The van der Waals surface area contributed by atoms with E-state index in [-0.39, 0.29) is 24.6 Å². The molecule has 0 saturated carbocycles. The van der Waals surface area contributed by atoms with Crippen molar-refractivity contribution in [1.82, 2.24) is 4.90 Å². The van der Waals surface area contributed by atoms with Crippen molar-refractivity contribution in [2.45, 2.75) is 26.0 Å². The number of hydrogen-bond donors (Lipinski definition) is 2. The van der Waals surface area contributed by atoms with Gasteiger partial charge in [0.25, 0.3) is 5.91 Å². The van der Waals surface area contributed by atoms with Crippen molar-refractivity contribution >= 4 is 17.6 Å². The Kier molecular flexibility index (Phi) is 6.03. The van der Waals surface area contributed by atoms with Crippen molar-refractivity contribution in [2.24, 2.45) is 0 Å². The number of rotatable bonds is 7. The summed E-state index contributed by atoms with van der Waals surface area (Å²) in [5.74, 6) is 0.278. The number of hydrogen-bond acceptors (Lipinski definition) is 5. The maximum Gasteiger partial charge on any atom is 0.322 e. The molecule has 1 heterocycles. The first-order chi connectivity index (χ1) is 13.4. The second-order valence-corrected chi connectivity index (χ2v) is 6.88. The lowest BCUT2D eigenvalue weighted by Gasteiger charge is -2.33. The molecule has 7 heteroatoms. The molecule has 1 amide bonds. The summed E-state index contributed by atoms with van der Waals surface area (Å²) in [6, 6.07) is 14.3. The number of nitrogens with zero attached hydrogens (tertiary/aromatic N) is 1. The lowest BCUT2D eigenvalue weighted by atomic mass is 10.1. The third kappa shape index (κ3) is 4.73. The minimum absolute atomic E-state index is 0.0381. The Bertz CT molecular complexity index is 852. The zero-order valence-electron chi connectivity index (χ0n) is 15.9. The summed E-state index contributed by atoms with van der Waals surface area (Å²) in [6.45, 7) is 4.44. The van der Waals surface area contributed by atoms with Crippen LogP contribution in [0, 0.1) is 0 Å². The largest absolute Gasteiger partial charge is 0.486 e. The first-order valence-electron chi connectivity index (χ1n) is 9.19. The molecule has 0 bridgehead atoms. The molecule has 28 heavy (non-hydrogen) atoms. The summed E-state index contributed by atoms with van der Waals surface area (Å²) >= 11 is 0. The van der Waals surface area contributed by atoms with Crippen LogP contribution < -0.4 is 14.8 Å². The quantitative estimate of drug-likeness (QED) is 0.763. The van der Waals surface area contributed by atoms with E-state index in [1.165, 1.54) is 0 Å². The zero-order valence-corrected chi connectivity index (χ0v) is 15.9. The predicted molar refractivity (Wildman–Crippen MR) is 105 cm³/mol. The Labute approximate surface area is 163 Å². The number of nitrogens with one attached hydrogen (secondary N) is 1. The lowest BCUT2D eigenvalue weighted by Crippen LogP contribution is -2.46. The second kappa shape index (κ2) is 8.65. The highest BCUT2D eigenvalue weighted by atomic mass is 16.6. The Morgan fingerprint density at radius 1 is 1.18 bits per heavy atom. The first kappa shape index (κ1) is 19.5. The van der Waals surface area contributed by atoms with Gasteiger partial charge in [0.15, 0.2) is 17.6 Å². The molecule has 0 fully saturated rings. The Hall–Kier alpha value is -3.22. The topological polar surface area (TPSA) is 88.1 Å². The van der Waals surface area contributed by atoms with Crippen molar-refractivity contribution in [3.05, 3.63) is 54.1 Å². The molecule has 1 atom stereocenters. The third-order valence-electron chi connectivity index (χ3n) is 4.41. The molecular formula is C21H24N2O5. The van der Waals surface area contributed by atoms with Crippen LogP contribution in [0.3, 0.4) is 0 Å². The minimum atomic E-state index is -0.963. The fourth-order valence-electron chi connectivity index (χ4n) is 3.01. The van der Waals surface area contributed by atoms with E-state index < -0.39 is 5.97 Å². The van der Waals surface area contributed by atoms with Gasteiger partial charge >= 0.3 is 5.97 Å². The van der Waals surface area contributed by atoms with Crippen molar-refractivity contribution in [3.8, 4) is 11.5 Å². The molecule has 2 N–H and O–H groups in total. The SMILES string of the molecule is CC(C)N(C[C@H]1COc2ccccc2O1)C(=O)c1cccc(NCC(=O)O)c1. The number of amides is 1. The predicted octanol–water partition coefficient (Wildman–Crippen LogP) is 2.87. The van der Waals surface area contributed by atoms with Gasteiger partial charge in [0, 0.05) is 17.3 Å². The normalized spacial score (nSPS) is 15.2. The molecule has 0 aromatic heterocycles. The number of carbonyl (C=O) groups excluding carboxylic acids is 1. The number of benzene rings is 2. The molecule has 3 rings (SSSR count). The Morgan fingerprint density at radius 2 is 1.93 bits per heavy atom. The van der Waals surface area contributed by atoms with Crippen LogP contribution in [-0.2, 0) is 4.79 Å². The monoisotopic (exact) mass is 384 g/mol. The molecule has 7 nitrogen and oxygen atoms in total. The average molecular weight is 384 g/mol. The fraction of sp³-hybridized carbons (Fsp3) is 0.333. The molecule has 1 aliphatic rings. The van der Waals surface area contributed by atoms with E-state index in [0.717, 1.165) is 0 Å². The van der Waals surface area contributed by atoms with Gasteiger partial charge in [0.2, 0.25) is 0 Å². The highest BCUT2D eigenvalue weighted by Gasteiger charge is 2.27. The van der Waals surface area contributed by atoms with E-state index in [1.807, 2.05) is 38.1 Å². The van der Waals surface area contributed by atoms with E-state index in [0.29, 0.717) is 35.9 Å². The smallest absolute Gasteiger partial charge is 0.322 e.